The first-order valence-electron chi connectivity index (χ1n) is 12.2. The molecule has 186 valence electrons. The first-order valence-corrected chi connectivity index (χ1v) is 12.2. The highest BCUT2D eigenvalue weighted by Gasteiger charge is 2.14. The Kier molecular flexibility index (Phi) is 8.00. The molecule has 4 rings (SSSR count). The van der Waals surface area contributed by atoms with E-state index in [0.717, 1.165) is 46.4 Å². The largest absolute Gasteiger partial charge is 0.449 e. The number of aromatic nitrogens is 1. The Bertz CT molecular complexity index is 1400. The van der Waals surface area contributed by atoms with Crippen molar-refractivity contribution in [2.45, 2.75) is 33.7 Å². The third-order valence-electron chi connectivity index (χ3n) is 6.36. The van der Waals surface area contributed by atoms with Gasteiger partial charge in [0.25, 0.3) is 0 Å². The van der Waals surface area contributed by atoms with Gasteiger partial charge < -0.3 is 19.4 Å². The second-order valence-electron chi connectivity index (χ2n) is 8.52. The van der Waals surface area contributed by atoms with Gasteiger partial charge >= 0.3 is 11.7 Å². The molecule has 7 nitrogen and oxygen atoms in total. The van der Waals surface area contributed by atoms with Crippen molar-refractivity contribution in [3.8, 4) is 11.1 Å². The van der Waals surface area contributed by atoms with Gasteiger partial charge in [-0.2, -0.15) is 0 Å². The number of carbonyl (C=O) groups excluding carboxylic acids is 1. The van der Waals surface area contributed by atoms with E-state index in [9.17, 15) is 9.59 Å². The normalized spacial score (nSPS) is 10.9. The lowest BCUT2D eigenvalue weighted by molar-refractivity contribution is 0.146. The highest BCUT2D eigenvalue weighted by Crippen LogP contribution is 2.25. The maximum Gasteiger partial charge on any atom is 0.407 e. The molecule has 0 unspecified atom stereocenters. The summed E-state index contributed by atoms with van der Waals surface area (Å²) in [5, 5.41) is 3.66. The van der Waals surface area contributed by atoms with Crippen molar-refractivity contribution in [1.82, 2.24) is 10.3 Å². The zero-order valence-electron chi connectivity index (χ0n) is 20.9. The minimum Gasteiger partial charge on any atom is -0.449 e. The predicted molar refractivity (Wildman–Crippen MR) is 142 cm³/mol. The third-order valence-corrected chi connectivity index (χ3v) is 6.36. The fraction of sp³-hybridized carbons (Fsp3) is 0.276. The quantitative estimate of drug-likeness (QED) is 0.316. The van der Waals surface area contributed by atoms with Crippen LogP contribution >= 0.6 is 0 Å². The number of aryl methyl sites for hydroxylation is 1. The molecule has 1 amide bonds. The van der Waals surface area contributed by atoms with Gasteiger partial charge in [-0.1, -0.05) is 18.2 Å². The summed E-state index contributed by atoms with van der Waals surface area (Å²) in [6.07, 6.45) is 3.25. The van der Waals surface area contributed by atoms with Crippen LogP contribution in [0.4, 0.5) is 10.5 Å². The molecule has 0 bridgehead atoms. The summed E-state index contributed by atoms with van der Waals surface area (Å²) < 4.78 is 11.0. The van der Waals surface area contributed by atoms with Crippen LogP contribution in [0, 0.1) is 6.92 Å². The molecular formula is C29H31N3O4. The molecule has 36 heavy (non-hydrogen) atoms. The van der Waals surface area contributed by atoms with Crippen molar-refractivity contribution >= 4 is 22.7 Å². The fourth-order valence-electron chi connectivity index (χ4n) is 4.33. The van der Waals surface area contributed by atoms with Crippen molar-refractivity contribution in [3.63, 3.8) is 0 Å². The molecule has 0 radical (unpaired) electrons. The molecule has 2 heterocycles. The number of anilines is 1. The van der Waals surface area contributed by atoms with E-state index in [1.807, 2.05) is 61.5 Å². The lowest BCUT2D eigenvalue weighted by Gasteiger charge is -2.21. The minimum absolute atomic E-state index is 0.0809. The Hall–Kier alpha value is -4.13. The number of ether oxygens (including phenoxy) is 1. The van der Waals surface area contributed by atoms with E-state index < -0.39 is 11.7 Å². The van der Waals surface area contributed by atoms with Crippen LogP contribution in [0.1, 0.15) is 30.5 Å². The van der Waals surface area contributed by atoms with E-state index in [1.165, 1.54) is 0 Å². The molecule has 0 saturated heterocycles. The van der Waals surface area contributed by atoms with Crippen LogP contribution in [0.25, 0.3) is 22.1 Å². The number of fused-ring (bicyclic) bond motifs is 1. The van der Waals surface area contributed by atoms with E-state index in [2.05, 4.69) is 29.0 Å². The molecule has 0 aliphatic heterocycles. The molecule has 4 aromatic rings. The summed E-state index contributed by atoms with van der Waals surface area (Å²) >= 11 is 0. The molecule has 0 aliphatic carbocycles. The molecular weight excluding hydrogens is 454 g/mol. The van der Waals surface area contributed by atoms with Crippen LogP contribution in [0.15, 0.2) is 76.2 Å². The van der Waals surface area contributed by atoms with Gasteiger partial charge in [-0.25, -0.2) is 9.59 Å². The van der Waals surface area contributed by atoms with Crippen LogP contribution in [0.5, 0.6) is 0 Å². The number of pyridine rings is 1. The van der Waals surface area contributed by atoms with E-state index in [1.54, 1.807) is 12.4 Å². The van der Waals surface area contributed by atoms with Crippen molar-refractivity contribution in [2.24, 2.45) is 0 Å². The van der Waals surface area contributed by atoms with Gasteiger partial charge in [-0.15, -0.1) is 0 Å². The number of hydrogen-bond acceptors (Lipinski definition) is 6. The van der Waals surface area contributed by atoms with E-state index in [4.69, 9.17) is 9.15 Å². The van der Waals surface area contributed by atoms with Crippen molar-refractivity contribution in [3.05, 3.63) is 94.1 Å². The summed E-state index contributed by atoms with van der Waals surface area (Å²) in [4.78, 5) is 31.2. The predicted octanol–water partition coefficient (Wildman–Crippen LogP) is 5.48. The molecule has 0 atom stereocenters. The highest BCUT2D eigenvalue weighted by atomic mass is 16.5. The number of rotatable bonds is 9. The number of nitrogens with zero attached hydrogens (tertiary/aromatic N) is 2. The molecule has 0 saturated carbocycles. The second-order valence-corrected chi connectivity index (χ2v) is 8.52. The lowest BCUT2D eigenvalue weighted by atomic mass is 10.0. The van der Waals surface area contributed by atoms with Crippen LogP contribution in [0.3, 0.4) is 0 Å². The van der Waals surface area contributed by atoms with Gasteiger partial charge in [0.2, 0.25) is 0 Å². The standard InChI is InChI=1S/C29H31N3O4/c1-4-32(5-2)24-9-10-25-20(3)26(28(33)36-27(25)18-24)13-16-35-29(34)31-19-21-7-6-8-23(17-21)22-11-14-30-15-12-22/h6-12,14-15,17-18H,4-5,13,16,19H2,1-3H3,(H,31,34). The van der Waals surface area contributed by atoms with Gasteiger partial charge in [-0.3, -0.25) is 4.98 Å². The number of hydrogen-bond donors (Lipinski definition) is 1. The Morgan fingerprint density at radius 3 is 2.56 bits per heavy atom. The molecule has 0 aliphatic rings. The molecule has 1 N–H and O–H groups in total. The lowest BCUT2D eigenvalue weighted by Crippen LogP contribution is -2.25. The minimum atomic E-state index is -0.531. The van der Waals surface area contributed by atoms with E-state index in [-0.39, 0.29) is 13.0 Å². The van der Waals surface area contributed by atoms with Crippen molar-refractivity contribution in [2.75, 3.05) is 24.6 Å². The average Bonchev–Trinajstić information content (AvgIpc) is 2.90. The second kappa shape index (κ2) is 11.5. The van der Waals surface area contributed by atoms with E-state index >= 15 is 0 Å². The number of benzene rings is 2. The van der Waals surface area contributed by atoms with Crippen molar-refractivity contribution < 1.29 is 13.9 Å². The summed E-state index contributed by atoms with van der Waals surface area (Å²) in [7, 11) is 0. The highest BCUT2D eigenvalue weighted by molar-refractivity contribution is 5.84. The maximum atomic E-state index is 12.7. The molecule has 7 heteroatoms. The summed E-state index contributed by atoms with van der Waals surface area (Å²) in [6, 6.07) is 17.7. The zero-order chi connectivity index (χ0) is 25.5. The Morgan fingerprint density at radius 2 is 1.81 bits per heavy atom. The Morgan fingerprint density at radius 1 is 1.03 bits per heavy atom. The first kappa shape index (κ1) is 25.0. The van der Waals surface area contributed by atoms with Gasteiger partial charge in [-0.05, 0) is 73.4 Å². The van der Waals surface area contributed by atoms with Crippen LogP contribution in [-0.4, -0.2) is 30.8 Å². The summed E-state index contributed by atoms with van der Waals surface area (Å²) in [6.45, 7) is 8.25. The monoisotopic (exact) mass is 485 g/mol. The Balaban J connectivity index is 1.35. The number of amides is 1. The molecule has 2 aromatic carbocycles. The Labute approximate surface area is 210 Å². The number of carbonyl (C=O) groups is 1. The van der Waals surface area contributed by atoms with Crippen LogP contribution in [0.2, 0.25) is 0 Å². The van der Waals surface area contributed by atoms with E-state index in [0.29, 0.717) is 17.7 Å². The van der Waals surface area contributed by atoms with Crippen molar-refractivity contribution in [1.29, 1.82) is 0 Å². The first-order chi connectivity index (χ1) is 17.5. The van der Waals surface area contributed by atoms with Crippen LogP contribution in [-0.2, 0) is 17.7 Å². The topological polar surface area (TPSA) is 84.7 Å². The number of nitrogens with one attached hydrogen (secondary N) is 1. The van der Waals surface area contributed by atoms with Gasteiger partial charge in [0, 0.05) is 61.2 Å². The summed E-state index contributed by atoms with van der Waals surface area (Å²) in [5.41, 5.74) is 5.63. The molecule has 0 spiro atoms. The van der Waals surface area contributed by atoms with Crippen LogP contribution < -0.4 is 15.8 Å². The third kappa shape index (κ3) is 5.74. The fourth-order valence-corrected chi connectivity index (χ4v) is 4.33. The molecule has 2 aromatic heterocycles. The maximum absolute atomic E-state index is 12.7. The zero-order valence-corrected chi connectivity index (χ0v) is 20.9. The smallest absolute Gasteiger partial charge is 0.407 e. The summed E-state index contributed by atoms with van der Waals surface area (Å²) in [5.74, 6) is 0. The van der Waals surface area contributed by atoms with Gasteiger partial charge in [0.15, 0.2) is 0 Å². The van der Waals surface area contributed by atoms with Gasteiger partial charge in [0.05, 0.1) is 6.61 Å². The molecule has 0 fully saturated rings. The SMILES string of the molecule is CCN(CC)c1ccc2c(C)c(CCOC(=O)NCc3cccc(-c4ccncc4)c3)c(=O)oc2c1. The average molecular weight is 486 g/mol. The number of alkyl carbamates (subject to hydrolysis) is 1. The van der Waals surface area contributed by atoms with Gasteiger partial charge in [0.1, 0.15) is 5.58 Å².